The third kappa shape index (κ3) is 4.72. The summed E-state index contributed by atoms with van der Waals surface area (Å²) in [6.45, 7) is 4.19. The van der Waals surface area contributed by atoms with Gasteiger partial charge in [-0.2, -0.15) is 13.2 Å². The van der Waals surface area contributed by atoms with E-state index < -0.39 is 30.3 Å². The molecular weight excluding hydrogens is 431 g/mol. The summed E-state index contributed by atoms with van der Waals surface area (Å²) < 4.78 is 80.7. The van der Waals surface area contributed by atoms with Crippen LogP contribution >= 0.6 is 0 Å². The number of aromatic nitrogens is 1. The molecule has 0 aliphatic heterocycles. The Morgan fingerprint density at radius 3 is 2.50 bits per heavy atom. The van der Waals surface area contributed by atoms with Crippen molar-refractivity contribution < 1.29 is 31.1 Å². The van der Waals surface area contributed by atoms with Gasteiger partial charge in [-0.25, -0.2) is 8.78 Å². The van der Waals surface area contributed by atoms with E-state index in [1.807, 2.05) is 0 Å². The lowest BCUT2D eigenvalue weighted by atomic mass is 9.87. The Labute approximate surface area is 182 Å². The Kier molecular flexibility index (Phi) is 6.78. The number of pyridine rings is 1. The minimum atomic E-state index is -4.61. The Morgan fingerprint density at radius 2 is 1.88 bits per heavy atom. The highest BCUT2D eigenvalue weighted by atomic mass is 19.4. The number of hydrogen-bond acceptors (Lipinski definition) is 4. The zero-order valence-corrected chi connectivity index (χ0v) is 18.2. The molecule has 0 aliphatic rings. The highest BCUT2D eigenvalue weighted by Crippen LogP contribution is 2.44. The van der Waals surface area contributed by atoms with E-state index in [1.54, 1.807) is 32.9 Å². The summed E-state index contributed by atoms with van der Waals surface area (Å²) in [5, 5.41) is 3.00. The van der Waals surface area contributed by atoms with E-state index in [4.69, 9.17) is 9.15 Å². The van der Waals surface area contributed by atoms with Crippen LogP contribution in [0.4, 0.5) is 22.0 Å². The van der Waals surface area contributed by atoms with Gasteiger partial charge in [-0.3, -0.25) is 4.98 Å². The Balaban J connectivity index is 2.01. The second kappa shape index (κ2) is 9.05. The fourth-order valence-corrected chi connectivity index (χ4v) is 4.03. The first-order chi connectivity index (χ1) is 15.0. The number of ether oxygens (including phenoxy) is 1. The van der Waals surface area contributed by atoms with Crippen LogP contribution in [0.15, 0.2) is 34.9 Å². The maximum Gasteiger partial charge on any atom is 0.433 e. The number of nitrogens with zero attached hydrogens (tertiary/aromatic N) is 1. The maximum absolute atomic E-state index is 14.8. The van der Waals surface area contributed by atoms with Crippen molar-refractivity contribution in [3.05, 3.63) is 58.6 Å². The summed E-state index contributed by atoms with van der Waals surface area (Å²) in [6.07, 6.45) is -3.36. The average molecular weight is 456 g/mol. The molecule has 9 heteroatoms. The highest BCUT2D eigenvalue weighted by Gasteiger charge is 2.41. The summed E-state index contributed by atoms with van der Waals surface area (Å²) in [4.78, 5) is 3.42. The third-order valence-corrected chi connectivity index (χ3v) is 5.41. The van der Waals surface area contributed by atoms with Crippen molar-refractivity contribution >= 4 is 11.0 Å². The molecule has 3 aromatic rings. The first-order valence-corrected chi connectivity index (χ1v) is 10.2. The van der Waals surface area contributed by atoms with Gasteiger partial charge >= 0.3 is 6.18 Å². The number of hydrogen-bond donors (Lipinski definition) is 1. The second-order valence-electron chi connectivity index (χ2n) is 7.74. The van der Waals surface area contributed by atoms with Gasteiger partial charge in [-0.15, -0.1) is 0 Å². The van der Waals surface area contributed by atoms with Crippen molar-refractivity contribution in [1.29, 1.82) is 0 Å². The van der Waals surface area contributed by atoms with E-state index in [0.29, 0.717) is 27.9 Å². The molecule has 4 nitrogen and oxygen atoms in total. The predicted octanol–water partition coefficient (Wildman–Crippen LogP) is 6.39. The van der Waals surface area contributed by atoms with Gasteiger partial charge in [0.2, 0.25) is 0 Å². The van der Waals surface area contributed by atoms with Crippen LogP contribution in [0.25, 0.3) is 11.0 Å². The van der Waals surface area contributed by atoms with Crippen molar-refractivity contribution in [2.45, 2.75) is 51.8 Å². The van der Waals surface area contributed by atoms with Gasteiger partial charge in [0.25, 0.3) is 5.92 Å². The molecule has 3 rings (SSSR count). The zero-order valence-electron chi connectivity index (χ0n) is 18.2. The molecule has 0 radical (unpaired) electrons. The lowest BCUT2D eigenvalue weighted by Crippen LogP contribution is -2.36. The van der Waals surface area contributed by atoms with Crippen molar-refractivity contribution in [3.8, 4) is 5.75 Å². The van der Waals surface area contributed by atoms with Crippen LogP contribution in [-0.2, 0) is 12.8 Å². The van der Waals surface area contributed by atoms with Crippen molar-refractivity contribution in [3.63, 3.8) is 0 Å². The largest absolute Gasteiger partial charge is 0.489 e. The molecule has 0 saturated carbocycles. The average Bonchev–Trinajstić information content (AvgIpc) is 3.03. The molecule has 0 fully saturated rings. The molecule has 1 atom stereocenters. The number of nitrogens with one attached hydrogen (secondary N) is 1. The lowest BCUT2D eigenvalue weighted by molar-refractivity contribution is -0.142. The van der Waals surface area contributed by atoms with E-state index in [2.05, 4.69) is 10.3 Å². The standard InChI is InChI=1S/C23H25F5N2O2/c1-5-18(22(24,25)12-29-4)19-14(3)32-20-13(2)9-16(10-17(19)20)31-11-15-7-6-8-30-21(15)23(26,27)28/h6-10,18,29H,5,11-12H2,1-4H3. The molecule has 2 heterocycles. The minimum Gasteiger partial charge on any atom is -0.489 e. The van der Waals surface area contributed by atoms with Crippen molar-refractivity contribution in [1.82, 2.24) is 10.3 Å². The van der Waals surface area contributed by atoms with Crippen LogP contribution < -0.4 is 10.1 Å². The van der Waals surface area contributed by atoms with E-state index >= 15 is 0 Å². The Morgan fingerprint density at radius 1 is 1.16 bits per heavy atom. The Bertz CT molecular complexity index is 1090. The van der Waals surface area contributed by atoms with Crippen molar-refractivity contribution in [2.75, 3.05) is 13.6 Å². The molecule has 1 N–H and O–H groups in total. The monoisotopic (exact) mass is 456 g/mol. The SMILES string of the molecule is CCC(c1c(C)oc2c(C)cc(OCc3cccnc3C(F)(F)F)cc12)C(F)(F)CNC. The third-order valence-electron chi connectivity index (χ3n) is 5.41. The van der Waals surface area contributed by atoms with E-state index in [9.17, 15) is 22.0 Å². The first-order valence-electron chi connectivity index (χ1n) is 10.2. The Hall–Kier alpha value is -2.68. The minimum absolute atomic E-state index is 0.117. The van der Waals surface area contributed by atoms with Gasteiger partial charge in [0.15, 0.2) is 5.69 Å². The molecule has 0 bridgehead atoms. The summed E-state index contributed by atoms with van der Waals surface area (Å²) in [7, 11) is 1.46. The molecule has 2 aromatic heterocycles. The lowest BCUT2D eigenvalue weighted by Gasteiger charge is -2.26. The fourth-order valence-electron chi connectivity index (χ4n) is 4.03. The molecule has 0 amide bonds. The topological polar surface area (TPSA) is 47.3 Å². The van der Waals surface area contributed by atoms with E-state index in [-0.39, 0.29) is 24.3 Å². The van der Waals surface area contributed by atoms with Crippen LogP contribution in [0, 0.1) is 13.8 Å². The number of halogens is 5. The number of aryl methyl sites for hydroxylation is 2. The van der Waals surface area contributed by atoms with Gasteiger partial charge in [0.1, 0.15) is 23.7 Å². The van der Waals surface area contributed by atoms with Gasteiger partial charge in [-0.05, 0) is 51.1 Å². The van der Waals surface area contributed by atoms with Crippen LogP contribution in [-0.4, -0.2) is 24.5 Å². The summed E-state index contributed by atoms with van der Waals surface area (Å²) >= 11 is 0. The van der Waals surface area contributed by atoms with Gasteiger partial charge in [0, 0.05) is 22.7 Å². The zero-order chi connectivity index (χ0) is 23.7. The number of alkyl halides is 5. The molecule has 0 aliphatic carbocycles. The summed E-state index contributed by atoms with van der Waals surface area (Å²) in [5.41, 5.74) is 0.346. The number of fused-ring (bicyclic) bond motifs is 1. The van der Waals surface area contributed by atoms with E-state index in [0.717, 1.165) is 6.20 Å². The van der Waals surface area contributed by atoms with Crippen LogP contribution in [0.1, 0.15) is 47.4 Å². The number of rotatable bonds is 8. The van der Waals surface area contributed by atoms with Crippen LogP contribution in [0.2, 0.25) is 0 Å². The quantitative estimate of drug-likeness (QED) is 0.399. The predicted molar refractivity (Wildman–Crippen MR) is 111 cm³/mol. The molecule has 174 valence electrons. The fraction of sp³-hybridized carbons (Fsp3) is 0.435. The number of benzene rings is 1. The second-order valence-corrected chi connectivity index (χ2v) is 7.74. The molecule has 0 spiro atoms. The van der Waals surface area contributed by atoms with Gasteiger partial charge in [0.05, 0.1) is 12.5 Å². The number of furan rings is 1. The summed E-state index contributed by atoms with van der Waals surface area (Å²) in [5.74, 6) is -3.47. The molecule has 32 heavy (non-hydrogen) atoms. The summed E-state index contributed by atoms with van der Waals surface area (Å²) in [6, 6.07) is 5.86. The van der Waals surface area contributed by atoms with E-state index in [1.165, 1.54) is 19.2 Å². The van der Waals surface area contributed by atoms with Gasteiger partial charge in [-0.1, -0.05) is 13.0 Å². The molecule has 1 aromatic carbocycles. The molecular formula is C23H25F5N2O2. The normalized spacial score (nSPS) is 13.5. The maximum atomic E-state index is 14.8. The molecule has 0 saturated heterocycles. The van der Waals surface area contributed by atoms with Crippen LogP contribution in [0.3, 0.4) is 0 Å². The smallest absolute Gasteiger partial charge is 0.433 e. The highest BCUT2D eigenvalue weighted by molar-refractivity contribution is 5.87. The molecule has 1 unspecified atom stereocenters. The first kappa shape index (κ1) is 24.0. The van der Waals surface area contributed by atoms with Gasteiger partial charge < -0.3 is 14.5 Å². The van der Waals surface area contributed by atoms with Crippen molar-refractivity contribution in [2.24, 2.45) is 0 Å². The van der Waals surface area contributed by atoms with Crippen LogP contribution in [0.5, 0.6) is 5.75 Å².